The summed E-state index contributed by atoms with van der Waals surface area (Å²) in [5.41, 5.74) is 7.40. The molecule has 0 saturated carbocycles. The van der Waals surface area contributed by atoms with Gasteiger partial charge in [-0.05, 0) is 18.4 Å². The van der Waals surface area contributed by atoms with Crippen molar-refractivity contribution in [3.8, 4) is 0 Å². The van der Waals surface area contributed by atoms with Gasteiger partial charge < -0.3 is 10.5 Å². The van der Waals surface area contributed by atoms with E-state index < -0.39 is 0 Å². The molecule has 0 aromatic heterocycles. The highest BCUT2D eigenvalue weighted by atomic mass is 16.5. The molecule has 1 rings (SSSR count). The normalized spacial score (nSPS) is 14.5. The average Bonchev–Trinajstić information content (AvgIpc) is 2.39. The molecule has 0 saturated heterocycles. The lowest BCUT2D eigenvalue weighted by atomic mass is 10.0. The van der Waals surface area contributed by atoms with Crippen molar-refractivity contribution in [2.45, 2.75) is 51.7 Å². The van der Waals surface area contributed by atoms with Gasteiger partial charge >= 0.3 is 0 Å². The topological polar surface area (TPSA) is 35.2 Å². The molecule has 2 nitrogen and oxygen atoms in total. The van der Waals surface area contributed by atoms with Crippen LogP contribution in [0.15, 0.2) is 30.3 Å². The number of rotatable bonds is 8. The van der Waals surface area contributed by atoms with E-state index in [4.69, 9.17) is 10.5 Å². The van der Waals surface area contributed by atoms with Crippen molar-refractivity contribution in [1.82, 2.24) is 0 Å². The largest absolute Gasteiger partial charge is 0.376 e. The summed E-state index contributed by atoms with van der Waals surface area (Å²) in [5, 5.41) is 0. The summed E-state index contributed by atoms with van der Waals surface area (Å²) in [7, 11) is 0. The fraction of sp³-hybridized carbons (Fsp3) is 0.600. The maximum Gasteiger partial charge on any atom is 0.0765 e. The Balaban J connectivity index is 2.44. The van der Waals surface area contributed by atoms with Gasteiger partial charge in [0, 0.05) is 6.61 Å². The molecule has 1 aromatic carbocycles. The summed E-state index contributed by atoms with van der Waals surface area (Å²) in [6.45, 7) is 5.16. The minimum atomic E-state index is -0.0113. The summed E-state index contributed by atoms with van der Waals surface area (Å²) in [5.74, 6) is 0. The van der Waals surface area contributed by atoms with Crippen molar-refractivity contribution >= 4 is 0 Å². The maximum atomic E-state index is 6.24. The lowest BCUT2D eigenvalue weighted by molar-refractivity contribution is 0.0305. The van der Waals surface area contributed by atoms with E-state index in [9.17, 15) is 0 Å². The standard InChI is InChI=1S/C15H25NO/c1-3-5-9-12-17-14(4-2)15(16)13-10-7-6-8-11-13/h6-8,10-11,14-15H,3-5,9,12,16H2,1-2H3. The first-order valence-electron chi connectivity index (χ1n) is 6.71. The van der Waals surface area contributed by atoms with Crippen molar-refractivity contribution < 1.29 is 4.74 Å². The second-order valence-corrected chi connectivity index (χ2v) is 4.46. The molecule has 0 fully saturated rings. The van der Waals surface area contributed by atoms with Crippen LogP contribution >= 0.6 is 0 Å². The number of unbranched alkanes of at least 4 members (excludes halogenated alkanes) is 2. The van der Waals surface area contributed by atoms with E-state index >= 15 is 0 Å². The van der Waals surface area contributed by atoms with E-state index in [-0.39, 0.29) is 12.1 Å². The Morgan fingerprint density at radius 2 is 1.82 bits per heavy atom. The third-order valence-electron chi connectivity index (χ3n) is 3.07. The van der Waals surface area contributed by atoms with Crippen LogP contribution in [0.5, 0.6) is 0 Å². The van der Waals surface area contributed by atoms with Gasteiger partial charge in [-0.2, -0.15) is 0 Å². The van der Waals surface area contributed by atoms with Crippen LogP contribution in [-0.4, -0.2) is 12.7 Å². The van der Waals surface area contributed by atoms with E-state index in [0.29, 0.717) is 0 Å². The molecule has 0 radical (unpaired) electrons. The van der Waals surface area contributed by atoms with Crippen molar-refractivity contribution in [2.24, 2.45) is 5.73 Å². The van der Waals surface area contributed by atoms with Crippen LogP contribution in [0, 0.1) is 0 Å². The quantitative estimate of drug-likeness (QED) is 0.698. The zero-order valence-electron chi connectivity index (χ0n) is 11.1. The lowest BCUT2D eigenvalue weighted by Gasteiger charge is -2.23. The number of ether oxygens (including phenoxy) is 1. The van der Waals surface area contributed by atoms with Crippen LogP contribution in [0.1, 0.15) is 51.1 Å². The first-order valence-corrected chi connectivity index (χ1v) is 6.71. The minimum Gasteiger partial charge on any atom is -0.376 e. The highest BCUT2D eigenvalue weighted by Crippen LogP contribution is 2.19. The fourth-order valence-electron chi connectivity index (χ4n) is 1.95. The number of nitrogens with two attached hydrogens (primary N) is 1. The molecule has 2 atom stereocenters. The van der Waals surface area contributed by atoms with Gasteiger partial charge in [0.2, 0.25) is 0 Å². The predicted molar refractivity (Wildman–Crippen MR) is 72.9 cm³/mol. The molecule has 17 heavy (non-hydrogen) atoms. The minimum absolute atomic E-state index is 0.0113. The fourth-order valence-corrected chi connectivity index (χ4v) is 1.95. The first kappa shape index (κ1) is 14.2. The van der Waals surface area contributed by atoms with E-state index in [0.717, 1.165) is 25.0 Å². The monoisotopic (exact) mass is 235 g/mol. The van der Waals surface area contributed by atoms with Crippen molar-refractivity contribution in [2.75, 3.05) is 6.61 Å². The van der Waals surface area contributed by atoms with Gasteiger partial charge in [0.15, 0.2) is 0 Å². The van der Waals surface area contributed by atoms with Crippen LogP contribution in [-0.2, 0) is 4.74 Å². The predicted octanol–water partition coefficient (Wildman–Crippen LogP) is 3.67. The van der Waals surface area contributed by atoms with Crippen molar-refractivity contribution in [1.29, 1.82) is 0 Å². The molecule has 96 valence electrons. The first-order chi connectivity index (χ1) is 8.29. The summed E-state index contributed by atoms with van der Waals surface area (Å²) in [4.78, 5) is 0. The average molecular weight is 235 g/mol. The van der Waals surface area contributed by atoms with Gasteiger partial charge in [-0.25, -0.2) is 0 Å². The number of hydrogen-bond acceptors (Lipinski definition) is 2. The summed E-state index contributed by atoms with van der Waals surface area (Å²) < 4.78 is 5.88. The Morgan fingerprint density at radius 1 is 1.12 bits per heavy atom. The SMILES string of the molecule is CCCCCOC(CC)C(N)c1ccccc1. The molecular weight excluding hydrogens is 210 g/mol. The molecular formula is C15H25NO. The van der Waals surface area contributed by atoms with Gasteiger partial charge in [-0.15, -0.1) is 0 Å². The lowest BCUT2D eigenvalue weighted by Crippen LogP contribution is -2.28. The van der Waals surface area contributed by atoms with E-state index in [1.54, 1.807) is 0 Å². The smallest absolute Gasteiger partial charge is 0.0765 e. The molecule has 0 bridgehead atoms. The van der Waals surface area contributed by atoms with Crippen LogP contribution < -0.4 is 5.73 Å². The van der Waals surface area contributed by atoms with Gasteiger partial charge in [0.1, 0.15) is 0 Å². The van der Waals surface area contributed by atoms with Crippen molar-refractivity contribution in [3.63, 3.8) is 0 Å². The molecule has 0 heterocycles. The Morgan fingerprint density at radius 3 is 2.41 bits per heavy atom. The van der Waals surface area contributed by atoms with Crippen LogP contribution in [0.25, 0.3) is 0 Å². The Hall–Kier alpha value is -0.860. The summed E-state index contributed by atoms with van der Waals surface area (Å²) >= 11 is 0. The Kier molecular flexibility index (Phi) is 6.90. The molecule has 0 spiro atoms. The summed E-state index contributed by atoms with van der Waals surface area (Å²) in [6.07, 6.45) is 4.69. The van der Waals surface area contributed by atoms with Gasteiger partial charge in [-0.3, -0.25) is 0 Å². The third kappa shape index (κ3) is 4.88. The molecule has 0 aliphatic heterocycles. The van der Waals surface area contributed by atoms with E-state index in [1.165, 1.54) is 12.8 Å². The number of benzene rings is 1. The molecule has 2 N–H and O–H groups in total. The zero-order chi connectivity index (χ0) is 12.5. The summed E-state index contributed by atoms with van der Waals surface area (Å²) in [6, 6.07) is 10.2. The molecule has 0 aliphatic carbocycles. The maximum absolute atomic E-state index is 6.24. The molecule has 2 heteroatoms. The Labute approximate surface area is 105 Å². The zero-order valence-corrected chi connectivity index (χ0v) is 11.1. The molecule has 0 amide bonds. The van der Waals surface area contributed by atoms with Crippen LogP contribution in [0.3, 0.4) is 0 Å². The second-order valence-electron chi connectivity index (χ2n) is 4.46. The third-order valence-corrected chi connectivity index (χ3v) is 3.07. The second kappa shape index (κ2) is 8.26. The van der Waals surface area contributed by atoms with Crippen LogP contribution in [0.2, 0.25) is 0 Å². The van der Waals surface area contributed by atoms with Gasteiger partial charge in [0.25, 0.3) is 0 Å². The van der Waals surface area contributed by atoms with Gasteiger partial charge in [0.05, 0.1) is 12.1 Å². The highest BCUT2D eigenvalue weighted by molar-refractivity contribution is 5.19. The van der Waals surface area contributed by atoms with Crippen LogP contribution in [0.4, 0.5) is 0 Å². The molecule has 0 aliphatic rings. The molecule has 1 aromatic rings. The van der Waals surface area contributed by atoms with E-state index in [2.05, 4.69) is 26.0 Å². The van der Waals surface area contributed by atoms with Gasteiger partial charge in [-0.1, -0.05) is 57.0 Å². The number of hydrogen-bond donors (Lipinski definition) is 1. The van der Waals surface area contributed by atoms with E-state index in [1.807, 2.05) is 18.2 Å². The van der Waals surface area contributed by atoms with Crippen molar-refractivity contribution in [3.05, 3.63) is 35.9 Å². The highest BCUT2D eigenvalue weighted by Gasteiger charge is 2.17. The molecule has 2 unspecified atom stereocenters. The Bertz CT molecular complexity index is 286.